The van der Waals surface area contributed by atoms with Gasteiger partial charge in [-0.25, -0.2) is 0 Å². The van der Waals surface area contributed by atoms with E-state index in [-0.39, 0.29) is 0 Å². The lowest BCUT2D eigenvalue weighted by atomic mass is 10.0. The van der Waals surface area contributed by atoms with Crippen LogP contribution < -0.4 is 0 Å². The van der Waals surface area contributed by atoms with E-state index in [4.69, 9.17) is 12.8 Å². The van der Waals surface area contributed by atoms with Crippen LogP contribution in [-0.2, 0) is 0 Å². The Morgan fingerprint density at radius 2 is 1.46 bits per heavy atom. The molecule has 0 spiro atoms. The van der Waals surface area contributed by atoms with Gasteiger partial charge in [0.1, 0.15) is 0 Å². The molecule has 0 bridgehead atoms. The van der Waals surface area contributed by atoms with Gasteiger partial charge in [0.2, 0.25) is 0 Å². The first-order valence-corrected chi connectivity index (χ1v) is 4.95. The van der Waals surface area contributed by atoms with Gasteiger partial charge in [0.05, 0.1) is 0 Å². The Kier molecular flexibility index (Phi) is 6.85. The molecule has 0 aromatic heterocycles. The fraction of sp³-hybridized carbons (Fsp3) is 0.538. The molecule has 0 heterocycles. The molecule has 0 radical (unpaired) electrons. The summed E-state index contributed by atoms with van der Waals surface area (Å²) in [5.41, 5.74) is 2.06. The van der Waals surface area contributed by atoms with Gasteiger partial charge < -0.3 is 0 Å². The largest absolute Gasteiger partial charge is 0.115 e. The van der Waals surface area contributed by atoms with E-state index in [0.29, 0.717) is 0 Å². The van der Waals surface area contributed by atoms with Gasteiger partial charge in [0.25, 0.3) is 0 Å². The zero-order valence-corrected chi connectivity index (χ0v) is 8.69. The molecule has 0 aliphatic heterocycles. The smallest absolute Gasteiger partial charge is 0.0133 e. The minimum absolute atomic E-state index is 0.944. The van der Waals surface area contributed by atoms with E-state index in [2.05, 4.69) is 25.7 Å². The Hall–Kier alpha value is -1.14. The van der Waals surface area contributed by atoms with Gasteiger partial charge in [-0.2, -0.15) is 0 Å². The molecule has 0 atom stereocenters. The van der Waals surface area contributed by atoms with Crippen molar-refractivity contribution in [3.05, 3.63) is 11.1 Å². The maximum absolute atomic E-state index is 5.42. The average Bonchev–Trinajstić information content (AvgIpc) is 2.17. The second-order valence-corrected chi connectivity index (χ2v) is 3.10. The molecule has 0 saturated heterocycles. The number of terminal acetylenes is 2. The Balaban J connectivity index is 4.47. The van der Waals surface area contributed by atoms with E-state index in [9.17, 15) is 0 Å². The van der Waals surface area contributed by atoms with Gasteiger partial charge in [-0.3, -0.25) is 0 Å². The van der Waals surface area contributed by atoms with Crippen molar-refractivity contribution >= 4 is 0 Å². The van der Waals surface area contributed by atoms with Gasteiger partial charge in [-0.1, -0.05) is 38.5 Å². The topological polar surface area (TPSA) is 0 Å². The fourth-order valence-corrected chi connectivity index (χ4v) is 1.22. The van der Waals surface area contributed by atoms with Crippen LogP contribution in [0.4, 0.5) is 0 Å². The summed E-state index contributed by atoms with van der Waals surface area (Å²) in [7, 11) is 0. The van der Waals surface area contributed by atoms with Crippen LogP contribution in [0.1, 0.15) is 46.0 Å². The number of hydrogen-bond donors (Lipinski definition) is 0. The summed E-state index contributed by atoms with van der Waals surface area (Å²) < 4.78 is 0. The minimum Gasteiger partial charge on any atom is -0.115 e. The van der Waals surface area contributed by atoms with Crippen LogP contribution in [0, 0.1) is 24.7 Å². The van der Waals surface area contributed by atoms with E-state index >= 15 is 0 Å². The molecular weight excluding hydrogens is 156 g/mol. The molecule has 0 heteroatoms. The number of hydrogen-bond acceptors (Lipinski definition) is 0. The summed E-state index contributed by atoms with van der Waals surface area (Å²) in [4.78, 5) is 0. The van der Waals surface area contributed by atoms with Crippen LogP contribution in [0.15, 0.2) is 11.1 Å². The average molecular weight is 174 g/mol. The van der Waals surface area contributed by atoms with Gasteiger partial charge >= 0.3 is 0 Å². The zero-order valence-electron chi connectivity index (χ0n) is 8.69. The fourth-order valence-electron chi connectivity index (χ4n) is 1.22. The number of rotatable bonds is 5. The summed E-state index contributed by atoms with van der Waals surface area (Å²) in [6.45, 7) is 4.27. The highest BCUT2D eigenvalue weighted by Gasteiger charge is 2.00. The van der Waals surface area contributed by atoms with Crippen LogP contribution in [0.25, 0.3) is 0 Å². The van der Waals surface area contributed by atoms with E-state index in [1.807, 2.05) is 0 Å². The highest BCUT2D eigenvalue weighted by atomic mass is 14.0. The quantitative estimate of drug-likeness (QED) is 0.559. The van der Waals surface area contributed by atoms with Crippen molar-refractivity contribution in [2.24, 2.45) is 0 Å². The molecule has 0 rings (SSSR count). The zero-order chi connectivity index (χ0) is 10.1. The standard InChI is InChI=1S/C13H18/c1-5-9-11-13(8-4)12(7-3)10-6-2/h3-4H,5-6,9-11H2,1-2H3/b13-12+. The predicted octanol–water partition coefficient (Wildman–Crippen LogP) is 3.54. The lowest BCUT2D eigenvalue weighted by Crippen LogP contribution is -1.88. The van der Waals surface area contributed by atoms with E-state index in [0.717, 1.165) is 43.3 Å². The summed E-state index contributed by atoms with van der Waals surface area (Å²) in [5.74, 6) is 5.41. The first kappa shape index (κ1) is 11.9. The third kappa shape index (κ3) is 4.44. The van der Waals surface area contributed by atoms with Crippen molar-refractivity contribution in [2.75, 3.05) is 0 Å². The van der Waals surface area contributed by atoms with Crippen LogP contribution in [0.3, 0.4) is 0 Å². The second-order valence-electron chi connectivity index (χ2n) is 3.10. The molecule has 0 N–H and O–H groups in total. The third-order valence-corrected chi connectivity index (χ3v) is 1.99. The molecule has 0 aromatic carbocycles. The third-order valence-electron chi connectivity index (χ3n) is 1.99. The Bertz CT molecular complexity index is 242. The van der Waals surface area contributed by atoms with Crippen LogP contribution in [0.2, 0.25) is 0 Å². The van der Waals surface area contributed by atoms with Crippen molar-refractivity contribution in [1.29, 1.82) is 0 Å². The van der Waals surface area contributed by atoms with Crippen LogP contribution in [0.5, 0.6) is 0 Å². The number of allylic oxidation sites excluding steroid dienone is 2. The first-order valence-electron chi connectivity index (χ1n) is 4.95. The van der Waals surface area contributed by atoms with Gasteiger partial charge in [-0.15, -0.1) is 12.8 Å². The van der Waals surface area contributed by atoms with Gasteiger partial charge in [0.15, 0.2) is 0 Å². The monoisotopic (exact) mass is 174 g/mol. The molecule has 0 unspecified atom stereocenters. The molecule has 0 aromatic rings. The highest BCUT2D eigenvalue weighted by molar-refractivity contribution is 5.40. The molecule has 0 fully saturated rings. The van der Waals surface area contributed by atoms with Gasteiger partial charge in [-0.05, 0) is 19.3 Å². The Labute approximate surface area is 82.4 Å². The SMILES string of the molecule is C#C/C(CCC)=C(/C#C)CCCC. The predicted molar refractivity (Wildman–Crippen MR) is 59.1 cm³/mol. The molecular formula is C13H18. The van der Waals surface area contributed by atoms with E-state index < -0.39 is 0 Å². The van der Waals surface area contributed by atoms with Crippen molar-refractivity contribution in [2.45, 2.75) is 46.0 Å². The molecule has 70 valence electrons. The normalized spacial score (nSPS) is 11.4. The second kappa shape index (κ2) is 7.51. The van der Waals surface area contributed by atoms with Crippen molar-refractivity contribution < 1.29 is 0 Å². The van der Waals surface area contributed by atoms with Crippen LogP contribution >= 0.6 is 0 Å². The first-order chi connectivity index (χ1) is 6.29. The van der Waals surface area contributed by atoms with Crippen molar-refractivity contribution in [3.63, 3.8) is 0 Å². The molecule has 0 amide bonds. The minimum atomic E-state index is 0.944. The maximum atomic E-state index is 5.42. The Morgan fingerprint density at radius 1 is 0.923 bits per heavy atom. The Morgan fingerprint density at radius 3 is 1.85 bits per heavy atom. The highest BCUT2D eigenvalue weighted by Crippen LogP contribution is 2.15. The number of unbranched alkanes of at least 4 members (excludes halogenated alkanes) is 1. The van der Waals surface area contributed by atoms with E-state index in [1.165, 1.54) is 0 Å². The molecule has 0 aliphatic rings. The summed E-state index contributed by atoms with van der Waals surface area (Å²) in [6, 6.07) is 0. The van der Waals surface area contributed by atoms with E-state index in [1.54, 1.807) is 0 Å². The lowest BCUT2D eigenvalue weighted by molar-refractivity contribution is 0.790. The molecule has 13 heavy (non-hydrogen) atoms. The molecule has 0 aliphatic carbocycles. The molecule has 0 nitrogen and oxygen atoms in total. The molecule has 0 saturated carbocycles. The van der Waals surface area contributed by atoms with Crippen molar-refractivity contribution in [3.8, 4) is 24.7 Å². The maximum Gasteiger partial charge on any atom is 0.0133 e. The van der Waals surface area contributed by atoms with Crippen molar-refractivity contribution in [1.82, 2.24) is 0 Å². The summed E-state index contributed by atoms with van der Waals surface area (Å²) in [5, 5.41) is 0. The van der Waals surface area contributed by atoms with Gasteiger partial charge in [0, 0.05) is 11.1 Å². The lowest BCUT2D eigenvalue weighted by Gasteiger charge is -2.03. The summed E-state index contributed by atoms with van der Waals surface area (Å²) in [6.07, 6.45) is 16.1. The summed E-state index contributed by atoms with van der Waals surface area (Å²) >= 11 is 0. The van der Waals surface area contributed by atoms with Crippen LogP contribution in [-0.4, -0.2) is 0 Å².